The molecule has 0 fully saturated rings. The summed E-state index contributed by atoms with van der Waals surface area (Å²) >= 11 is 0. The number of amides is 1. The number of hydrogen-bond acceptors (Lipinski definition) is 3. The zero-order valence-corrected chi connectivity index (χ0v) is 8.19. The van der Waals surface area contributed by atoms with Gasteiger partial charge in [-0.05, 0) is 12.1 Å². The lowest BCUT2D eigenvalue weighted by molar-refractivity contribution is -0.114. The maximum absolute atomic E-state index is 10.9. The van der Waals surface area contributed by atoms with Crippen molar-refractivity contribution in [1.82, 2.24) is 15.2 Å². The van der Waals surface area contributed by atoms with Crippen LogP contribution in [-0.2, 0) is 4.79 Å². The minimum atomic E-state index is -0.124. The first kappa shape index (κ1) is 9.39. The number of aromatic nitrogens is 3. The molecule has 5 nitrogen and oxygen atoms in total. The highest BCUT2D eigenvalue weighted by atomic mass is 16.1. The van der Waals surface area contributed by atoms with E-state index in [2.05, 4.69) is 20.5 Å². The molecule has 2 heterocycles. The van der Waals surface area contributed by atoms with Crippen LogP contribution in [0.3, 0.4) is 0 Å². The number of rotatable bonds is 2. The lowest BCUT2D eigenvalue weighted by atomic mass is 10.2. The molecular formula is C10H10N4O. The van der Waals surface area contributed by atoms with E-state index in [1.54, 1.807) is 18.6 Å². The number of aromatic amines is 1. The summed E-state index contributed by atoms with van der Waals surface area (Å²) in [7, 11) is 0. The number of carbonyl (C=O) groups excluding carboxylic acids is 1. The molecule has 0 bridgehead atoms. The summed E-state index contributed by atoms with van der Waals surface area (Å²) in [5.74, 6) is -0.124. The molecule has 5 heteroatoms. The van der Waals surface area contributed by atoms with Crippen LogP contribution < -0.4 is 5.32 Å². The molecule has 0 atom stereocenters. The maximum Gasteiger partial charge on any atom is 0.221 e. The van der Waals surface area contributed by atoms with Gasteiger partial charge >= 0.3 is 0 Å². The summed E-state index contributed by atoms with van der Waals surface area (Å²) in [6.07, 6.45) is 4.97. The number of anilines is 1. The summed E-state index contributed by atoms with van der Waals surface area (Å²) in [6.45, 7) is 1.46. The van der Waals surface area contributed by atoms with Gasteiger partial charge in [-0.25, -0.2) is 0 Å². The third kappa shape index (κ3) is 2.01. The van der Waals surface area contributed by atoms with Crippen LogP contribution in [0.1, 0.15) is 6.92 Å². The fourth-order valence-electron chi connectivity index (χ4n) is 1.30. The lowest BCUT2D eigenvalue weighted by Gasteiger charge is -2.02. The molecule has 2 aromatic heterocycles. The smallest absolute Gasteiger partial charge is 0.221 e. The molecule has 2 aromatic rings. The Morgan fingerprint density at radius 1 is 1.47 bits per heavy atom. The van der Waals surface area contributed by atoms with E-state index in [9.17, 15) is 4.79 Å². The fourth-order valence-corrected chi connectivity index (χ4v) is 1.30. The number of H-pyrrole nitrogens is 1. The molecule has 76 valence electrons. The second kappa shape index (κ2) is 3.91. The van der Waals surface area contributed by atoms with Crippen LogP contribution in [0.4, 0.5) is 5.69 Å². The third-order valence-electron chi connectivity index (χ3n) is 1.90. The van der Waals surface area contributed by atoms with Crippen molar-refractivity contribution in [2.24, 2.45) is 0 Å². The molecule has 0 radical (unpaired) electrons. The topological polar surface area (TPSA) is 70.7 Å². The minimum absolute atomic E-state index is 0.124. The van der Waals surface area contributed by atoms with E-state index in [0.29, 0.717) is 5.69 Å². The first-order chi connectivity index (χ1) is 7.27. The molecule has 15 heavy (non-hydrogen) atoms. The Kier molecular flexibility index (Phi) is 2.45. The standard InChI is InChI=1S/C10H10N4O/c1-7(15)13-9-6-12-14-10(9)8-3-2-4-11-5-8/h2-6H,1H3,(H,12,14)(H,13,15). The van der Waals surface area contributed by atoms with Gasteiger partial charge in [0, 0.05) is 24.9 Å². The average Bonchev–Trinajstić information content (AvgIpc) is 2.66. The number of nitrogens with one attached hydrogen (secondary N) is 2. The Morgan fingerprint density at radius 3 is 3.00 bits per heavy atom. The Morgan fingerprint density at radius 2 is 2.33 bits per heavy atom. The second-order valence-corrected chi connectivity index (χ2v) is 3.08. The summed E-state index contributed by atoms with van der Waals surface area (Å²) in [5, 5.41) is 9.40. The van der Waals surface area contributed by atoms with Gasteiger partial charge in [0.25, 0.3) is 0 Å². The van der Waals surface area contributed by atoms with E-state index >= 15 is 0 Å². The highest BCUT2D eigenvalue weighted by molar-refractivity contribution is 5.92. The molecule has 0 unspecified atom stereocenters. The predicted octanol–water partition coefficient (Wildman–Crippen LogP) is 1.43. The van der Waals surface area contributed by atoms with Crippen molar-refractivity contribution in [2.75, 3.05) is 5.32 Å². The zero-order chi connectivity index (χ0) is 10.7. The first-order valence-electron chi connectivity index (χ1n) is 4.49. The molecule has 0 saturated heterocycles. The second-order valence-electron chi connectivity index (χ2n) is 3.08. The summed E-state index contributed by atoms with van der Waals surface area (Å²) < 4.78 is 0. The van der Waals surface area contributed by atoms with Crippen LogP contribution in [0.5, 0.6) is 0 Å². The van der Waals surface area contributed by atoms with E-state index in [0.717, 1.165) is 11.3 Å². The van der Waals surface area contributed by atoms with Gasteiger partial charge in [-0.2, -0.15) is 5.10 Å². The molecule has 2 N–H and O–H groups in total. The van der Waals surface area contributed by atoms with Crippen LogP contribution in [0.2, 0.25) is 0 Å². The number of hydrogen-bond donors (Lipinski definition) is 2. The summed E-state index contributed by atoms with van der Waals surface area (Å²) in [4.78, 5) is 14.9. The molecule has 1 amide bonds. The molecular weight excluding hydrogens is 192 g/mol. The molecule has 0 aliphatic rings. The third-order valence-corrected chi connectivity index (χ3v) is 1.90. The highest BCUT2D eigenvalue weighted by Crippen LogP contribution is 2.23. The lowest BCUT2D eigenvalue weighted by Crippen LogP contribution is -2.05. The molecule has 0 aromatic carbocycles. The van der Waals surface area contributed by atoms with Crippen LogP contribution in [0.15, 0.2) is 30.7 Å². The van der Waals surface area contributed by atoms with Crippen molar-refractivity contribution in [2.45, 2.75) is 6.92 Å². The van der Waals surface area contributed by atoms with E-state index in [4.69, 9.17) is 0 Å². The van der Waals surface area contributed by atoms with Gasteiger partial charge in [-0.3, -0.25) is 14.9 Å². The van der Waals surface area contributed by atoms with Crippen molar-refractivity contribution in [3.05, 3.63) is 30.7 Å². The van der Waals surface area contributed by atoms with Crippen molar-refractivity contribution in [1.29, 1.82) is 0 Å². The molecule has 0 saturated carbocycles. The fraction of sp³-hybridized carbons (Fsp3) is 0.100. The Balaban J connectivity index is 2.37. The van der Waals surface area contributed by atoms with Gasteiger partial charge in [0.2, 0.25) is 5.91 Å². The van der Waals surface area contributed by atoms with Gasteiger partial charge in [0.05, 0.1) is 17.6 Å². The normalized spacial score (nSPS) is 9.93. The monoisotopic (exact) mass is 202 g/mol. The van der Waals surface area contributed by atoms with Gasteiger partial charge in [0.1, 0.15) is 0 Å². The molecule has 2 rings (SSSR count). The van der Waals surface area contributed by atoms with Crippen LogP contribution in [-0.4, -0.2) is 21.1 Å². The predicted molar refractivity (Wildman–Crippen MR) is 56.1 cm³/mol. The van der Waals surface area contributed by atoms with E-state index in [1.165, 1.54) is 6.92 Å². The number of pyridine rings is 1. The van der Waals surface area contributed by atoms with E-state index in [1.807, 2.05) is 12.1 Å². The quantitative estimate of drug-likeness (QED) is 0.773. The number of carbonyl (C=O) groups is 1. The van der Waals surface area contributed by atoms with Crippen LogP contribution in [0.25, 0.3) is 11.3 Å². The van der Waals surface area contributed by atoms with Crippen molar-refractivity contribution < 1.29 is 4.79 Å². The Bertz CT molecular complexity index is 463. The first-order valence-corrected chi connectivity index (χ1v) is 4.49. The van der Waals surface area contributed by atoms with Crippen LogP contribution >= 0.6 is 0 Å². The van der Waals surface area contributed by atoms with E-state index < -0.39 is 0 Å². The SMILES string of the molecule is CC(=O)Nc1cn[nH]c1-c1cccnc1. The molecule has 0 aliphatic heterocycles. The van der Waals surface area contributed by atoms with Crippen molar-refractivity contribution >= 4 is 11.6 Å². The maximum atomic E-state index is 10.9. The van der Waals surface area contributed by atoms with E-state index in [-0.39, 0.29) is 5.91 Å². The van der Waals surface area contributed by atoms with Gasteiger partial charge in [0.15, 0.2) is 0 Å². The Labute approximate surface area is 86.5 Å². The molecule has 0 aliphatic carbocycles. The largest absolute Gasteiger partial charge is 0.323 e. The van der Waals surface area contributed by atoms with Gasteiger partial charge in [-0.15, -0.1) is 0 Å². The van der Waals surface area contributed by atoms with Gasteiger partial charge < -0.3 is 5.32 Å². The zero-order valence-electron chi connectivity index (χ0n) is 8.19. The van der Waals surface area contributed by atoms with Crippen molar-refractivity contribution in [3.8, 4) is 11.3 Å². The highest BCUT2D eigenvalue weighted by Gasteiger charge is 2.08. The molecule has 0 spiro atoms. The average molecular weight is 202 g/mol. The van der Waals surface area contributed by atoms with Crippen LogP contribution in [0, 0.1) is 0 Å². The Hall–Kier alpha value is -2.17. The van der Waals surface area contributed by atoms with Gasteiger partial charge in [-0.1, -0.05) is 0 Å². The number of nitrogens with zero attached hydrogens (tertiary/aromatic N) is 2. The summed E-state index contributed by atoms with van der Waals surface area (Å²) in [6, 6.07) is 3.72. The summed E-state index contributed by atoms with van der Waals surface area (Å²) in [5.41, 5.74) is 2.31. The minimum Gasteiger partial charge on any atom is -0.323 e. The van der Waals surface area contributed by atoms with Crippen molar-refractivity contribution in [3.63, 3.8) is 0 Å².